The zero-order chi connectivity index (χ0) is 20.4. The number of ether oxygens (including phenoxy) is 2. The van der Waals surface area contributed by atoms with Gasteiger partial charge in [0.2, 0.25) is 0 Å². The van der Waals surface area contributed by atoms with Crippen molar-refractivity contribution in [1.82, 2.24) is 5.06 Å². The summed E-state index contributed by atoms with van der Waals surface area (Å²) in [6, 6.07) is 10.5. The van der Waals surface area contributed by atoms with Crippen molar-refractivity contribution in [2.75, 3.05) is 13.2 Å². The third-order valence-electron chi connectivity index (χ3n) is 7.20. The van der Waals surface area contributed by atoms with Crippen molar-refractivity contribution >= 4 is 0 Å². The summed E-state index contributed by atoms with van der Waals surface area (Å²) in [5, 5.41) is 2.29. The second kappa shape index (κ2) is 8.27. The quantitative estimate of drug-likeness (QED) is 0.610. The predicted molar refractivity (Wildman–Crippen MR) is 113 cm³/mol. The highest BCUT2D eigenvalue weighted by Gasteiger charge is 2.62. The molecule has 0 aliphatic carbocycles. The zero-order valence-corrected chi connectivity index (χ0v) is 18.4. The third kappa shape index (κ3) is 3.68. The van der Waals surface area contributed by atoms with E-state index < -0.39 is 5.79 Å². The van der Waals surface area contributed by atoms with Crippen LogP contribution < -0.4 is 0 Å². The summed E-state index contributed by atoms with van der Waals surface area (Å²) < 4.78 is 12.8. The van der Waals surface area contributed by atoms with Crippen molar-refractivity contribution in [2.24, 2.45) is 5.92 Å². The fourth-order valence-electron chi connectivity index (χ4n) is 4.84. The van der Waals surface area contributed by atoms with E-state index in [0.29, 0.717) is 13.2 Å². The Bertz CT molecular complexity index is 666. The Balaban J connectivity index is 1.96. The number of hydroxylamine groups is 2. The smallest absolute Gasteiger partial charge is 0.175 e. The van der Waals surface area contributed by atoms with Gasteiger partial charge in [-0.25, -0.2) is 0 Å². The Hall–Kier alpha value is -1.20. The third-order valence-corrected chi connectivity index (χ3v) is 7.20. The molecule has 1 fully saturated rings. The maximum Gasteiger partial charge on any atom is 0.175 e. The van der Waals surface area contributed by atoms with Crippen LogP contribution in [-0.4, -0.2) is 35.1 Å². The van der Waals surface area contributed by atoms with Gasteiger partial charge >= 0.3 is 0 Å². The molecular formula is C24H37NO3. The molecular weight excluding hydrogens is 350 g/mol. The fourth-order valence-corrected chi connectivity index (χ4v) is 4.84. The maximum atomic E-state index is 6.73. The van der Waals surface area contributed by atoms with E-state index in [1.54, 1.807) is 0 Å². The Morgan fingerprint density at radius 2 is 1.68 bits per heavy atom. The largest absolute Gasteiger partial charge is 0.345 e. The Morgan fingerprint density at radius 1 is 1.07 bits per heavy atom. The molecule has 28 heavy (non-hydrogen) atoms. The highest BCUT2D eigenvalue weighted by Crippen LogP contribution is 2.53. The van der Waals surface area contributed by atoms with Crippen LogP contribution in [0.25, 0.3) is 0 Å². The van der Waals surface area contributed by atoms with Gasteiger partial charge in [0.05, 0.1) is 18.8 Å². The lowest BCUT2D eigenvalue weighted by Crippen LogP contribution is -2.72. The molecule has 2 aliphatic rings. The van der Waals surface area contributed by atoms with Crippen LogP contribution in [0.1, 0.15) is 72.5 Å². The van der Waals surface area contributed by atoms with Crippen LogP contribution in [0.5, 0.6) is 0 Å². The van der Waals surface area contributed by atoms with E-state index in [4.69, 9.17) is 14.3 Å². The average molecular weight is 388 g/mol. The van der Waals surface area contributed by atoms with Crippen molar-refractivity contribution in [3.63, 3.8) is 0 Å². The molecule has 4 nitrogen and oxygen atoms in total. The first-order valence-electron chi connectivity index (χ1n) is 10.8. The molecule has 0 radical (unpaired) electrons. The topological polar surface area (TPSA) is 30.9 Å². The molecule has 1 aromatic rings. The molecule has 1 spiro atoms. The summed E-state index contributed by atoms with van der Waals surface area (Å²) in [4.78, 5) is 6.73. The van der Waals surface area contributed by atoms with Crippen molar-refractivity contribution in [2.45, 2.75) is 83.8 Å². The first kappa shape index (κ1) is 21.5. The second-order valence-corrected chi connectivity index (χ2v) is 8.82. The van der Waals surface area contributed by atoms with E-state index in [9.17, 15) is 0 Å². The predicted octanol–water partition coefficient (Wildman–Crippen LogP) is 5.66. The van der Waals surface area contributed by atoms with E-state index in [1.165, 1.54) is 5.56 Å². The van der Waals surface area contributed by atoms with Gasteiger partial charge in [0.15, 0.2) is 5.79 Å². The van der Waals surface area contributed by atoms with Crippen LogP contribution in [0, 0.1) is 5.92 Å². The summed E-state index contributed by atoms with van der Waals surface area (Å²) >= 11 is 0. The van der Waals surface area contributed by atoms with Gasteiger partial charge in [-0.15, -0.1) is 0 Å². The highest BCUT2D eigenvalue weighted by molar-refractivity contribution is 5.17. The first-order valence-corrected chi connectivity index (χ1v) is 10.8. The van der Waals surface area contributed by atoms with E-state index >= 15 is 0 Å². The maximum absolute atomic E-state index is 6.73. The van der Waals surface area contributed by atoms with Crippen LogP contribution in [0.3, 0.4) is 0 Å². The molecule has 4 unspecified atom stereocenters. The summed E-state index contributed by atoms with van der Waals surface area (Å²) in [6.45, 7) is 14.7. The van der Waals surface area contributed by atoms with E-state index in [-0.39, 0.29) is 23.1 Å². The average Bonchev–Trinajstić information content (AvgIpc) is 2.96. The van der Waals surface area contributed by atoms with Crippen LogP contribution in [-0.2, 0) is 14.3 Å². The number of nitrogens with zero attached hydrogens (tertiary/aromatic N) is 1. The number of piperidine rings is 1. The number of hydrogen-bond acceptors (Lipinski definition) is 4. The first-order chi connectivity index (χ1) is 13.3. The molecule has 2 heterocycles. The van der Waals surface area contributed by atoms with Gasteiger partial charge in [-0.05, 0) is 39.2 Å². The SMILES string of the molecule is CCC1(C)CC2(OCC=CCO2)C(C)C(C)(CC)N1OC(C)c1ccccc1. The Morgan fingerprint density at radius 3 is 2.21 bits per heavy atom. The van der Waals surface area contributed by atoms with Crippen molar-refractivity contribution < 1.29 is 14.3 Å². The minimum atomic E-state index is -0.588. The summed E-state index contributed by atoms with van der Waals surface area (Å²) in [6.07, 6.45) is 6.81. The second-order valence-electron chi connectivity index (χ2n) is 8.82. The normalized spacial score (nSPS) is 34.3. The molecule has 2 aliphatic heterocycles. The Kier molecular flexibility index (Phi) is 6.35. The number of hydrogen-bond donors (Lipinski definition) is 0. The van der Waals surface area contributed by atoms with Gasteiger partial charge in [-0.2, -0.15) is 5.06 Å². The molecule has 1 saturated heterocycles. The molecule has 0 aromatic heterocycles. The monoisotopic (exact) mass is 387 g/mol. The van der Waals surface area contributed by atoms with Crippen molar-refractivity contribution in [1.29, 1.82) is 0 Å². The molecule has 0 saturated carbocycles. The Labute approximate surface area is 170 Å². The summed E-state index contributed by atoms with van der Waals surface area (Å²) in [5.74, 6) is -0.429. The molecule has 3 rings (SSSR count). The van der Waals surface area contributed by atoms with Gasteiger partial charge in [0.1, 0.15) is 6.10 Å². The van der Waals surface area contributed by atoms with Crippen molar-refractivity contribution in [3.8, 4) is 0 Å². The van der Waals surface area contributed by atoms with Crippen molar-refractivity contribution in [3.05, 3.63) is 48.0 Å². The summed E-state index contributed by atoms with van der Waals surface area (Å²) in [5.41, 5.74) is 0.791. The minimum Gasteiger partial charge on any atom is -0.345 e. The van der Waals surface area contributed by atoms with E-state index in [0.717, 1.165) is 19.3 Å². The van der Waals surface area contributed by atoms with Gasteiger partial charge in [-0.3, -0.25) is 4.84 Å². The van der Waals surface area contributed by atoms with Gasteiger partial charge in [0.25, 0.3) is 0 Å². The minimum absolute atomic E-state index is 0.0168. The zero-order valence-electron chi connectivity index (χ0n) is 18.4. The molecule has 0 N–H and O–H groups in total. The molecule has 0 bridgehead atoms. The van der Waals surface area contributed by atoms with Crippen LogP contribution in [0.15, 0.2) is 42.5 Å². The number of benzene rings is 1. The molecule has 0 amide bonds. The van der Waals surface area contributed by atoms with Gasteiger partial charge in [0, 0.05) is 17.9 Å². The van der Waals surface area contributed by atoms with Crippen LogP contribution >= 0.6 is 0 Å². The van der Waals surface area contributed by atoms with Crippen LogP contribution in [0.2, 0.25) is 0 Å². The van der Waals surface area contributed by atoms with Gasteiger partial charge in [-0.1, -0.05) is 63.3 Å². The lowest BCUT2D eigenvalue weighted by molar-refractivity contribution is -0.392. The molecule has 1 aromatic carbocycles. The molecule has 4 atom stereocenters. The lowest BCUT2D eigenvalue weighted by atomic mass is 9.67. The lowest BCUT2D eigenvalue weighted by Gasteiger charge is -2.63. The summed E-state index contributed by atoms with van der Waals surface area (Å²) in [7, 11) is 0. The van der Waals surface area contributed by atoms with E-state index in [1.807, 2.05) is 6.07 Å². The molecule has 4 heteroatoms. The number of rotatable bonds is 5. The standard InChI is InChI=1S/C24H37NO3/c1-7-22(5)18-24(26-16-12-13-17-27-24)20(4)23(6,8-2)25(22)28-19(3)21-14-10-9-11-15-21/h9-15,19-20H,7-8,16-18H2,1-6H3. The molecule has 156 valence electrons. The van der Waals surface area contributed by atoms with Gasteiger partial charge < -0.3 is 9.47 Å². The highest BCUT2D eigenvalue weighted by atomic mass is 16.7. The fraction of sp³-hybridized carbons (Fsp3) is 0.667. The van der Waals surface area contributed by atoms with E-state index in [2.05, 4.69) is 83.0 Å². The van der Waals surface area contributed by atoms with Crippen LogP contribution in [0.4, 0.5) is 0 Å².